The molecular formula is C21H33N3O4S. The van der Waals surface area contributed by atoms with Crippen LogP contribution in [0.1, 0.15) is 38.7 Å². The molecule has 3 rings (SSSR count). The number of carbonyl (C=O) groups is 1. The first-order valence-corrected chi connectivity index (χ1v) is 11.8. The summed E-state index contributed by atoms with van der Waals surface area (Å²) in [4.78, 5) is 12.5. The van der Waals surface area contributed by atoms with Crippen molar-refractivity contribution < 1.29 is 17.9 Å². The van der Waals surface area contributed by atoms with Crippen LogP contribution in [0.4, 0.5) is 0 Å². The van der Waals surface area contributed by atoms with Crippen molar-refractivity contribution in [2.24, 2.45) is 17.8 Å². The summed E-state index contributed by atoms with van der Waals surface area (Å²) in [6, 6.07) is 7.59. The number of amides is 1. The van der Waals surface area contributed by atoms with Gasteiger partial charge in [0.05, 0.1) is 7.11 Å². The van der Waals surface area contributed by atoms with Crippen molar-refractivity contribution in [3.8, 4) is 5.75 Å². The van der Waals surface area contributed by atoms with Gasteiger partial charge in [-0.2, -0.15) is 17.0 Å². The van der Waals surface area contributed by atoms with Crippen molar-refractivity contribution in [3.63, 3.8) is 0 Å². The molecule has 2 fully saturated rings. The molecule has 29 heavy (non-hydrogen) atoms. The van der Waals surface area contributed by atoms with Crippen molar-refractivity contribution in [3.05, 3.63) is 29.8 Å². The van der Waals surface area contributed by atoms with Crippen LogP contribution in [0.15, 0.2) is 24.3 Å². The highest BCUT2D eigenvalue weighted by atomic mass is 32.2. The highest BCUT2D eigenvalue weighted by Crippen LogP contribution is 2.27. The highest BCUT2D eigenvalue weighted by Gasteiger charge is 2.37. The Hall–Kier alpha value is -1.64. The van der Waals surface area contributed by atoms with E-state index in [1.54, 1.807) is 15.7 Å². The van der Waals surface area contributed by atoms with Gasteiger partial charge in [0, 0.05) is 38.6 Å². The summed E-state index contributed by atoms with van der Waals surface area (Å²) in [7, 11) is -1.82. The molecule has 0 aliphatic carbocycles. The van der Waals surface area contributed by atoms with Crippen molar-refractivity contribution in [2.75, 3.05) is 33.3 Å². The average Bonchev–Trinajstić information content (AvgIpc) is 2.71. The number of rotatable bonds is 6. The molecule has 1 aromatic carbocycles. The van der Waals surface area contributed by atoms with E-state index in [2.05, 4.69) is 19.2 Å². The van der Waals surface area contributed by atoms with Crippen LogP contribution in [0, 0.1) is 17.8 Å². The van der Waals surface area contributed by atoms with E-state index in [9.17, 15) is 13.2 Å². The monoisotopic (exact) mass is 423 g/mol. The fourth-order valence-electron chi connectivity index (χ4n) is 4.38. The molecule has 2 aliphatic rings. The molecule has 162 valence electrons. The van der Waals surface area contributed by atoms with Gasteiger partial charge >= 0.3 is 0 Å². The summed E-state index contributed by atoms with van der Waals surface area (Å²) < 4.78 is 34.4. The first kappa shape index (κ1) is 22.1. The third kappa shape index (κ3) is 5.49. The second-order valence-electron chi connectivity index (χ2n) is 8.51. The van der Waals surface area contributed by atoms with Gasteiger partial charge in [-0.15, -0.1) is 0 Å². The number of hydrogen-bond acceptors (Lipinski definition) is 4. The fraction of sp³-hybridized carbons (Fsp3) is 0.667. The SMILES string of the molecule is COc1ccc(CNC(=O)C2CCN(S(=O)(=O)N3C[C@@H](C)C[C@H](C)C3)CC2)cc1. The largest absolute Gasteiger partial charge is 0.497 e. The number of methoxy groups -OCH3 is 1. The van der Waals surface area contributed by atoms with Crippen LogP contribution in [0.3, 0.4) is 0 Å². The molecule has 1 aromatic rings. The quantitative estimate of drug-likeness (QED) is 0.761. The molecule has 0 spiro atoms. The maximum Gasteiger partial charge on any atom is 0.281 e. The molecule has 8 heteroatoms. The van der Waals surface area contributed by atoms with Gasteiger partial charge in [-0.3, -0.25) is 4.79 Å². The molecule has 0 aromatic heterocycles. The Morgan fingerprint density at radius 1 is 1.07 bits per heavy atom. The van der Waals surface area contributed by atoms with Gasteiger partial charge in [0.1, 0.15) is 5.75 Å². The lowest BCUT2D eigenvalue weighted by molar-refractivity contribution is -0.126. The lowest BCUT2D eigenvalue weighted by Crippen LogP contribution is -2.52. The zero-order chi connectivity index (χ0) is 21.0. The summed E-state index contributed by atoms with van der Waals surface area (Å²) in [6.07, 6.45) is 2.20. The van der Waals surface area contributed by atoms with E-state index < -0.39 is 10.2 Å². The van der Waals surface area contributed by atoms with Crippen LogP contribution in [0.25, 0.3) is 0 Å². The van der Waals surface area contributed by atoms with Gasteiger partial charge in [0.25, 0.3) is 10.2 Å². The Kier molecular flexibility index (Phi) is 7.19. The molecule has 2 saturated heterocycles. The predicted octanol–water partition coefficient (Wildman–Crippen LogP) is 2.25. The number of nitrogens with zero attached hydrogens (tertiary/aromatic N) is 2. The van der Waals surface area contributed by atoms with E-state index in [0.29, 0.717) is 57.4 Å². The zero-order valence-electron chi connectivity index (χ0n) is 17.6. The van der Waals surface area contributed by atoms with Gasteiger partial charge in [-0.1, -0.05) is 26.0 Å². The minimum absolute atomic E-state index is 0.00178. The van der Waals surface area contributed by atoms with Crippen LogP contribution >= 0.6 is 0 Å². The van der Waals surface area contributed by atoms with Crippen molar-refractivity contribution in [2.45, 2.75) is 39.7 Å². The summed E-state index contributed by atoms with van der Waals surface area (Å²) >= 11 is 0. The minimum Gasteiger partial charge on any atom is -0.497 e. The van der Waals surface area contributed by atoms with E-state index in [1.807, 2.05) is 24.3 Å². The molecule has 0 bridgehead atoms. The second-order valence-corrected chi connectivity index (χ2v) is 10.4. The molecule has 0 radical (unpaired) electrons. The molecule has 0 saturated carbocycles. The number of benzene rings is 1. The van der Waals surface area contributed by atoms with Crippen molar-refractivity contribution in [1.29, 1.82) is 0 Å². The molecule has 1 amide bonds. The summed E-state index contributed by atoms with van der Waals surface area (Å²) in [5, 5.41) is 2.98. The van der Waals surface area contributed by atoms with E-state index in [0.717, 1.165) is 17.7 Å². The number of carbonyl (C=O) groups excluding carboxylic acids is 1. The van der Waals surface area contributed by atoms with Gasteiger partial charge in [-0.05, 0) is 48.8 Å². The summed E-state index contributed by atoms with van der Waals surface area (Å²) in [5.41, 5.74) is 1.01. The Balaban J connectivity index is 1.49. The fourth-order valence-corrected chi connectivity index (χ4v) is 6.27. The lowest BCUT2D eigenvalue weighted by Gasteiger charge is -2.39. The van der Waals surface area contributed by atoms with Crippen molar-refractivity contribution >= 4 is 16.1 Å². The van der Waals surface area contributed by atoms with Crippen LogP contribution in [-0.2, 0) is 21.5 Å². The predicted molar refractivity (Wildman–Crippen MR) is 113 cm³/mol. The van der Waals surface area contributed by atoms with Crippen LogP contribution in [-0.4, -0.2) is 56.2 Å². The minimum atomic E-state index is -3.44. The van der Waals surface area contributed by atoms with Crippen molar-refractivity contribution in [1.82, 2.24) is 13.9 Å². The van der Waals surface area contributed by atoms with Crippen LogP contribution < -0.4 is 10.1 Å². The third-order valence-electron chi connectivity index (χ3n) is 5.94. The molecule has 2 heterocycles. The zero-order valence-corrected chi connectivity index (χ0v) is 18.5. The first-order chi connectivity index (χ1) is 13.8. The Bertz CT molecular complexity index is 779. The average molecular weight is 424 g/mol. The molecule has 1 N–H and O–H groups in total. The molecular weight excluding hydrogens is 390 g/mol. The number of nitrogens with one attached hydrogen (secondary N) is 1. The number of piperidine rings is 2. The summed E-state index contributed by atoms with van der Waals surface area (Å²) in [6.45, 7) is 6.67. The lowest BCUT2D eigenvalue weighted by atomic mass is 9.94. The first-order valence-electron chi connectivity index (χ1n) is 10.5. The Morgan fingerprint density at radius 3 is 2.21 bits per heavy atom. The van der Waals surface area contributed by atoms with Gasteiger partial charge in [0.15, 0.2) is 0 Å². The molecule has 7 nitrogen and oxygen atoms in total. The van der Waals surface area contributed by atoms with Gasteiger partial charge in [0.2, 0.25) is 5.91 Å². The van der Waals surface area contributed by atoms with E-state index >= 15 is 0 Å². The van der Waals surface area contributed by atoms with Crippen LogP contribution in [0.5, 0.6) is 5.75 Å². The molecule has 0 unspecified atom stereocenters. The topological polar surface area (TPSA) is 79.0 Å². The number of hydrogen-bond donors (Lipinski definition) is 1. The maximum atomic E-state index is 13.0. The summed E-state index contributed by atoms with van der Waals surface area (Å²) in [5.74, 6) is 1.41. The highest BCUT2D eigenvalue weighted by molar-refractivity contribution is 7.86. The molecule has 2 aliphatic heterocycles. The maximum absolute atomic E-state index is 13.0. The third-order valence-corrected chi connectivity index (χ3v) is 7.91. The number of ether oxygens (including phenoxy) is 1. The van der Waals surface area contributed by atoms with E-state index in [-0.39, 0.29) is 11.8 Å². The second kappa shape index (κ2) is 9.45. The van der Waals surface area contributed by atoms with Gasteiger partial charge < -0.3 is 10.1 Å². The Labute approximate surface area is 174 Å². The normalized spacial score (nSPS) is 24.9. The van der Waals surface area contributed by atoms with E-state index in [1.165, 1.54) is 0 Å². The van der Waals surface area contributed by atoms with Gasteiger partial charge in [-0.25, -0.2) is 0 Å². The standard InChI is InChI=1S/C21H33N3O4S/c1-16-12-17(2)15-24(14-16)29(26,27)23-10-8-19(9-11-23)21(25)22-13-18-4-6-20(28-3)7-5-18/h4-7,16-17,19H,8-15H2,1-3H3,(H,22,25)/t16-,17-/m0/s1. The smallest absolute Gasteiger partial charge is 0.281 e. The Morgan fingerprint density at radius 2 is 1.66 bits per heavy atom. The van der Waals surface area contributed by atoms with E-state index in [4.69, 9.17) is 4.74 Å². The molecule has 2 atom stereocenters. The van der Waals surface area contributed by atoms with Crippen LogP contribution in [0.2, 0.25) is 0 Å².